The van der Waals surface area contributed by atoms with Gasteiger partial charge < -0.3 is 9.36 Å². The molecular weight excluding hydrogens is 341 g/mol. The highest BCUT2D eigenvalue weighted by Gasteiger charge is 2.18. The van der Waals surface area contributed by atoms with Crippen LogP contribution >= 0.6 is 0 Å². The average Bonchev–Trinajstić information content (AvgIpc) is 3.00. The Balaban J connectivity index is 2.22. The van der Waals surface area contributed by atoms with E-state index in [1.807, 2.05) is 6.92 Å². The lowest BCUT2D eigenvalue weighted by Gasteiger charge is -2.02. The predicted molar refractivity (Wildman–Crippen MR) is 83.3 cm³/mol. The molecule has 1 heterocycles. The van der Waals surface area contributed by atoms with Crippen LogP contribution in [0.3, 0.4) is 0 Å². The van der Waals surface area contributed by atoms with Gasteiger partial charge in [-0.25, -0.2) is 4.39 Å². The van der Waals surface area contributed by atoms with Gasteiger partial charge in [-0.05, 0) is 30.7 Å². The second kappa shape index (κ2) is 7.97. The van der Waals surface area contributed by atoms with Crippen molar-refractivity contribution < 1.29 is 26.4 Å². The van der Waals surface area contributed by atoms with Crippen LogP contribution in [0.4, 0.5) is 4.39 Å². The molecule has 0 N–H and O–H groups in total. The van der Waals surface area contributed by atoms with Crippen LogP contribution in [0.1, 0.15) is 19.2 Å². The van der Waals surface area contributed by atoms with Crippen molar-refractivity contribution in [3.8, 4) is 11.4 Å². The maximum Gasteiger partial charge on any atom is 0.278 e. The molecule has 24 heavy (non-hydrogen) atoms. The third-order valence-electron chi connectivity index (χ3n) is 2.66. The minimum Gasteiger partial charge on any atom is -0.395 e. The first kappa shape index (κ1) is 18.0. The van der Waals surface area contributed by atoms with Crippen LogP contribution in [-0.2, 0) is 19.1 Å². The summed E-state index contributed by atoms with van der Waals surface area (Å²) < 4.78 is 45.0. The smallest absolute Gasteiger partial charge is 0.278 e. The second-order valence-corrected chi connectivity index (χ2v) is 6.41. The zero-order valence-corrected chi connectivity index (χ0v) is 13.9. The summed E-state index contributed by atoms with van der Waals surface area (Å²) in [5.74, 6) is -0.235. The first-order valence-corrected chi connectivity index (χ1v) is 8.84. The van der Waals surface area contributed by atoms with E-state index in [1.54, 1.807) is 0 Å². The molecule has 0 bridgehead atoms. The Labute approximate surface area is 138 Å². The molecule has 1 aromatic heterocycles. The van der Waals surface area contributed by atoms with Crippen molar-refractivity contribution in [3.63, 3.8) is 0 Å². The van der Waals surface area contributed by atoms with Gasteiger partial charge in [0.2, 0.25) is 5.82 Å². The van der Waals surface area contributed by atoms with Gasteiger partial charge in [0.25, 0.3) is 16.0 Å². The highest BCUT2D eigenvalue weighted by Crippen LogP contribution is 2.16. The number of benzene rings is 1. The Bertz CT molecular complexity index is 802. The largest absolute Gasteiger partial charge is 0.395 e. The van der Waals surface area contributed by atoms with Gasteiger partial charge in [-0.1, -0.05) is 17.2 Å². The number of hydrogen-bond acceptors (Lipinski definition) is 8. The highest BCUT2D eigenvalue weighted by atomic mass is 32.2. The lowest BCUT2D eigenvalue weighted by atomic mass is 10.2. The number of nitrogens with zero attached hydrogens (tertiary/aromatic N) is 3. The molecule has 130 valence electrons. The summed E-state index contributed by atoms with van der Waals surface area (Å²) in [6, 6.07) is 5.50. The fourth-order valence-corrected chi connectivity index (χ4v) is 1.89. The van der Waals surface area contributed by atoms with E-state index in [4.69, 9.17) is 13.5 Å². The lowest BCUT2D eigenvalue weighted by Crippen LogP contribution is -2.15. The van der Waals surface area contributed by atoms with Crippen molar-refractivity contribution in [2.24, 2.45) is 5.16 Å². The van der Waals surface area contributed by atoms with E-state index in [2.05, 4.69) is 15.3 Å². The summed E-state index contributed by atoms with van der Waals surface area (Å²) in [5.41, 5.74) is 0.569. The third kappa shape index (κ3) is 5.39. The summed E-state index contributed by atoms with van der Waals surface area (Å²) in [7, 11) is -3.68. The predicted octanol–water partition coefficient (Wildman–Crippen LogP) is 1.98. The molecule has 10 heteroatoms. The summed E-state index contributed by atoms with van der Waals surface area (Å²) in [5, 5.41) is 7.54. The average molecular weight is 357 g/mol. The second-order valence-electron chi connectivity index (χ2n) is 4.77. The molecule has 0 spiro atoms. The molecule has 0 saturated carbocycles. The van der Waals surface area contributed by atoms with Crippen molar-refractivity contribution in [1.82, 2.24) is 10.1 Å². The monoisotopic (exact) mass is 357 g/mol. The number of oxime groups is 1. The lowest BCUT2D eigenvalue weighted by molar-refractivity contribution is 0.142. The van der Waals surface area contributed by atoms with Crippen LogP contribution in [0.15, 0.2) is 33.9 Å². The van der Waals surface area contributed by atoms with Crippen LogP contribution in [-0.4, -0.2) is 43.7 Å². The van der Waals surface area contributed by atoms with Gasteiger partial charge in [0, 0.05) is 5.56 Å². The van der Waals surface area contributed by atoms with Gasteiger partial charge in [0.15, 0.2) is 5.71 Å². The fraction of sp³-hybridized carbons (Fsp3) is 0.357. The molecule has 1 aromatic carbocycles. The van der Waals surface area contributed by atoms with E-state index in [9.17, 15) is 12.8 Å². The standard InChI is InChI=1S/C14H16FN3O5S/c1-3-8-21-17-12(9-22-24(2,19)20)14-16-13(18-23-14)10-4-6-11(15)7-5-10/h4-7H,3,8-9H2,1-2H3/b17-12+. The molecule has 0 fully saturated rings. The minimum atomic E-state index is -3.68. The van der Waals surface area contributed by atoms with E-state index in [0.717, 1.165) is 6.26 Å². The van der Waals surface area contributed by atoms with Crippen molar-refractivity contribution in [1.29, 1.82) is 0 Å². The zero-order valence-electron chi connectivity index (χ0n) is 13.1. The van der Waals surface area contributed by atoms with Gasteiger partial charge in [0.05, 0.1) is 6.26 Å². The molecular formula is C14H16FN3O5S. The van der Waals surface area contributed by atoms with Crippen molar-refractivity contribution in [2.75, 3.05) is 19.5 Å². The first-order chi connectivity index (χ1) is 11.4. The highest BCUT2D eigenvalue weighted by molar-refractivity contribution is 7.86. The number of halogens is 1. The van der Waals surface area contributed by atoms with Gasteiger partial charge in [0.1, 0.15) is 19.0 Å². The van der Waals surface area contributed by atoms with Crippen molar-refractivity contribution in [3.05, 3.63) is 36.0 Å². The molecule has 0 amide bonds. The molecule has 0 radical (unpaired) electrons. The van der Waals surface area contributed by atoms with Gasteiger partial charge in [-0.2, -0.15) is 13.4 Å². The SMILES string of the molecule is CCCO/N=C(\COS(C)(=O)=O)c1nc(-c2ccc(F)cc2)no1. The van der Waals surface area contributed by atoms with Crippen LogP contribution in [0, 0.1) is 5.82 Å². The van der Waals surface area contributed by atoms with Gasteiger partial charge in [-0.15, -0.1) is 0 Å². The Kier molecular flexibility index (Phi) is 5.99. The third-order valence-corrected chi connectivity index (χ3v) is 3.20. The molecule has 8 nitrogen and oxygen atoms in total. The molecule has 2 aromatic rings. The van der Waals surface area contributed by atoms with E-state index in [1.165, 1.54) is 24.3 Å². The van der Waals surface area contributed by atoms with Gasteiger partial charge >= 0.3 is 0 Å². The van der Waals surface area contributed by atoms with Gasteiger partial charge in [-0.3, -0.25) is 4.18 Å². The molecule has 0 aliphatic carbocycles. The summed E-state index contributed by atoms with van der Waals surface area (Å²) in [4.78, 5) is 9.14. The van der Waals surface area contributed by atoms with Crippen LogP contribution < -0.4 is 0 Å². The topological polar surface area (TPSA) is 104 Å². The minimum absolute atomic E-state index is 0.0368. The summed E-state index contributed by atoms with van der Waals surface area (Å²) in [6.45, 7) is 1.82. The Morgan fingerprint density at radius 1 is 1.33 bits per heavy atom. The molecule has 0 atom stereocenters. The summed E-state index contributed by atoms with van der Waals surface area (Å²) in [6.07, 6.45) is 1.63. The Morgan fingerprint density at radius 3 is 2.67 bits per heavy atom. The molecule has 0 aliphatic rings. The van der Waals surface area contributed by atoms with E-state index in [0.29, 0.717) is 18.6 Å². The van der Waals surface area contributed by atoms with Crippen LogP contribution in [0.25, 0.3) is 11.4 Å². The molecule has 0 aliphatic heterocycles. The number of aromatic nitrogens is 2. The van der Waals surface area contributed by atoms with Crippen LogP contribution in [0.2, 0.25) is 0 Å². The molecule has 2 rings (SSSR count). The fourth-order valence-electron chi connectivity index (χ4n) is 1.56. The van der Waals surface area contributed by atoms with Crippen molar-refractivity contribution in [2.45, 2.75) is 13.3 Å². The van der Waals surface area contributed by atoms with E-state index in [-0.39, 0.29) is 23.2 Å². The Hall–Kier alpha value is -2.33. The van der Waals surface area contributed by atoms with E-state index >= 15 is 0 Å². The molecule has 0 saturated heterocycles. The Morgan fingerprint density at radius 2 is 2.04 bits per heavy atom. The zero-order chi connectivity index (χ0) is 17.6. The molecule has 0 unspecified atom stereocenters. The number of rotatable bonds is 8. The number of hydrogen-bond donors (Lipinski definition) is 0. The summed E-state index contributed by atoms with van der Waals surface area (Å²) >= 11 is 0. The maximum absolute atomic E-state index is 12.9. The van der Waals surface area contributed by atoms with E-state index < -0.39 is 16.7 Å². The normalized spacial score (nSPS) is 12.4. The quantitative estimate of drug-likeness (QED) is 0.308. The van der Waals surface area contributed by atoms with Crippen LogP contribution in [0.5, 0.6) is 0 Å². The first-order valence-electron chi connectivity index (χ1n) is 7.02. The van der Waals surface area contributed by atoms with Crippen molar-refractivity contribution >= 4 is 15.8 Å². The maximum atomic E-state index is 12.9.